The lowest BCUT2D eigenvalue weighted by atomic mass is 10.0. The van der Waals surface area contributed by atoms with Gasteiger partial charge in [-0.2, -0.15) is 0 Å². The van der Waals surface area contributed by atoms with Crippen LogP contribution in [0.15, 0.2) is 6.07 Å². The summed E-state index contributed by atoms with van der Waals surface area (Å²) >= 11 is 0. The van der Waals surface area contributed by atoms with Crippen LogP contribution in [0.1, 0.15) is 32.3 Å². The normalized spacial score (nSPS) is 14.1. The van der Waals surface area contributed by atoms with Crippen molar-refractivity contribution in [2.75, 3.05) is 5.32 Å². The number of nitrogens with one attached hydrogen (secondary N) is 1. The number of anilines is 1. The fourth-order valence-electron chi connectivity index (χ4n) is 1.46. The van der Waals surface area contributed by atoms with Gasteiger partial charge in [0.1, 0.15) is 11.6 Å². The highest BCUT2D eigenvalue weighted by atomic mass is 16.4. The van der Waals surface area contributed by atoms with Gasteiger partial charge in [-0.25, -0.2) is 9.97 Å². The van der Waals surface area contributed by atoms with Crippen LogP contribution in [0, 0.1) is 12.8 Å². The maximum atomic E-state index is 10.8. The fourth-order valence-corrected chi connectivity index (χ4v) is 1.46. The van der Waals surface area contributed by atoms with E-state index in [4.69, 9.17) is 5.11 Å². The number of aryl methyl sites for hydroxylation is 2. The lowest BCUT2D eigenvalue weighted by Crippen LogP contribution is -2.30. The van der Waals surface area contributed by atoms with Crippen LogP contribution in [0.25, 0.3) is 0 Å². The van der Waals surface area contributed by atoms with Crippen molar-refractivity contribution in [2.45, 2.75) is 40.2 Å². The van der Waals surface area contributed by atoms with Crippen molar-refractivity contribution in [1.82, 2.24) is 9.97 Å². The van der Waals surface area contributed by atoms with Gasteiger partial charge in [-0.1, -0.05) is 6.92 Å². The number of aromatic nitrogens is 2. The van der Waals surface area contributed by atoms with E-state index >= 15 is 0 Å². The number of rotatable bonds is 5. The molecule has 5 heteroatoms. The molecule has 0 spiro atoms. The first-order chi connectivity index (χ1) is 7.93. The minimum Gasteiger partial charge on any atom is -0.481 e. The Balaban J connectivity index is 2.80. The molecular formula is C12H19N3O2. The first-order valence-corrected chi connectivity index (χ1v) is 5.78. The zero-order valence-corrected chi connectivity index (χ0v) is 10.7. The molecule has 0 fully saturated rings. The molecule has 0 aliphatic heterocycles. The molecule has 2 atom stereocenters. The monoisotopic (exact) mass is 237 g/mol. The molecule has 0 aliphatic rings. The molecule has 94 valence electrons. The zero-order chi connectivity index (χ0) is 13.0. The maximum absolute atomic E-state index is 10.8. The number of carbonyl (C=O) groups is 1. The van der Waals surface area contributed by atoms with Gasteiger partial charge in [0.25, 0.3) is 0 Å². The van der Waals surface area contributed by atoms with E-state index in [0.717, 1.165) is 12.1 Å². The van der Waals surface area contributed by atoms with E-state index in [-0.39, 0.29) is 6.04 Å². The highest BCUT2D eigenvalue weighted by Crippen LogP contribution is 2.12. The minimum atomic E-state index is -0.813. The molecule has 17 heavy (non-hydrogen) atoms. The van der Waals surface area contributed by atoms with E-state index in [0.29, 0.717) is 11.6 Å². The number of hydrogen-bond acceptors (Lipinski definition) is 4. The van der Waals surface area contributed by atoms with Crippen LogP contribution in [-0.2, 0) is 11.2 Å². The van der Waals surface area contributed by atoms with Crippen LogP contribution >= 0.6 is 0 Å². The van der Waals surface area contributed by atoms with E-state index < -0.39 is 11.9 Å². The standard InChI is InChI=1S/C12H19N3O2/c1-5-10-6-11(15-9(4)14-10)13-8(3)7(2)12(16)17/h6-8H,5H2,1-4H3,(H,16,17)(H,13,14,15). The van der Waals surface area contributed by atoms with E-state index in [2.05, 4.69) is 15.3 Å². The third-order valence-electron chi connectivity index (χ3n) is 2.77. The molecule has 0 aromatic carbocycles. The SMILES string of the molecule is CCc1cc(NC(C)C(C)C(=O)O)nc(C)n1. The third-order valence-corrected chi connectivity index (χ3v) is 2.77. The highest BCUT2D eigenvalue weighted by molar-refractivity contribution is 5.71. The van der Waals surface area contributed by atoms with Crippen molar-refractivity contribution in [1.29, 1.82) is 0 Å². The van der Waals surface area contributed by atoms with Gasteiger partial charge >= 0.3 is 5.97 Å². The molecule has 1 aromatic heterocycles. The first kappa shape index (κ1) is 13.4. The number of nitrogens with zero attached hydrogens (tertiary/aromatic N) is 2. The zero-order valence-electron chi connectivity index (χ0n) is 10.7. The van der Waals surface area contributed by atoms with E-state index in [1.165, 1.54) is 0 Å². The lowest BCUT2D eigenvalue weighted by Gasteiger charge is -2.18. The Kier molecular flexibility index (Phi) is 4.43. The summed E-state index contributed by atoms with van der Waals surface area (Å²) in [5.41, 5.74) is 0.954. The van der Waals surface area contributed by atoms with E-state index in [9.17, 15) is 4.79 Å². The van der Waals surface area contributed by atoms with Crippen molar-refractivity contribution in [3.05, 3.63) is 17.6 Å². The molecule has 1 aromatic rings. The lowest BCUT2D eigenvalue weighted by molar-refractivity contribution is -0.141. The largest absolute Gasteiger partial charge is 0.481 e. The minimum absolute atomic E-state index is 0.175. The van der Waals surface area contributed by atoms with E-state index in [1.807, 2.05) is 26.8 Å². The van der Waals surface area contributed by atoms with Crippen LogP contribution in [0.5, 0.6) is 0 Å². The van der Waals surface area contributed by atoms with Crippen LogP contribution in [0.3, 0.4) is 0 Å². The number of carboxylic acid groups (broad SMARTS) is 1. The van der Waals surface area contributed by atoms with Gasteiger partial charge in [0.05, 0.1) is 5.92 Å². The number of hydrogen-bond donors (Lipinski definition) is 2. The molecule has 1 rings (SSSR count). The summed E-state index contributed by atoms with van der Waals surface area (Å²) in [5.74, 6) is 0.110. The summed E-state index contributed by atoms with van der Waals surface area (Å²) < 4.78 is 0. The average molecular weight is 237 g/mol. The van der Waals surface area contributed by atoms with Crippen molar-refractivity contribution < 1.29 is 9.90 Å². The van der Waals surface area contributed by atoms with Crippen molar-refractivity contribution in [3.8, 4) is 0 Å². The second kappa shape index (κ2) is 5.61. The van der Waals surface area contributed by atoms with Crippen molar-refractivity contribution in [2.24, 2.45) is 5.92 Å². The van der Waals surface area contributed by atoms with Crippen LogP contribution < -0.4 is 5.32 Å². The number of aliphatic carboxylic acids is 1. The Morgan fingerprint density at radius 2 is 2.12 bits per heavy atom. The van der Waals surface area contributed by atoms with E-state index in [1.54, 1.807) is 6.92 Å². The highest BCUT2D eigenvalue weighted by Gasteiger charge is 2.19. The molecule has 5 nitrogen and oxygen atoms in total. The molecule has 0 bridgehead atoms. The fraction of sp³-hybridized carbons (Fsp3) is 0.583. The van der Waals surface area contributed by atoms with Crippen molar-refractivity contribution in [3.63, 3.8) is 0 Å². The third kappa shape index (κ3) is 3.69. The molecule has 0 aliphatic carbocycles. The summed E-state index contributed by atoms with van der Waals surface area (Å²) in [4.78, 5) is 19.4. The Morgan fingerprint density at radius 1 is 1.47 bits per heavy atom. The topological polar surface area (TPSA) is 75.1 Å². The average Bonchev–Trinajstić information content (AvgIpc) is 2.26. The van der Waals surface area contributed by atoms with Gasteiger partial charge in [0, 0.05) is 17.8 Å². The van der Waals surface area contributed by atoms with Crippen LogP contribution in [-0.4, -0.2) is 27.1 Å². The predicted molar refractivity (Wildman–Crippen MR) is 66.0 cm³/mol. The molecule has 0 saturated heterocycles. The number of carboxylic acids is 1. The van der Waals surface area contributed by atoms with Crippen LogP contribution in [0.4, 0.5) is 5.82 Å². The summed E-state index contributed by atoms with van der Waals surface area (Å²) in [6, 6.07) is 1.68. The summed E-state index contributed by atoms with van der Waals surface area (Å²) in [6.07, 6.45) is 0.834. The van der Waals surface area contributed by atoms with Gasteiger partial charge in [0.15, 0.2) is 0 Å². The molecular weight excluding hydrogens is 218 g/mol. The molecule has 1 heterocycles. The predicted octanol–water partition coefficient (Wildman–Crippen LogP) is 1.87. The smallest absolute Gasteiger partial charge is 0.308 e. The second-order valence-electron chi connectivity index (χ2n) is 4.21. The van der Waals surface area contributed by atoms with Crippen LogP contribution in [0.2, 0.25) is 0 Å². The molecule has 2 unspecified atom stereocenters. The Bertz CT molecular complexity index is 407. The molecule has 0 saturated carbocycles. The molecule has 0 radical (unpaired) electrons. The Labute approximate surface area is 101 Å². The van der Waals surface area contributed by atoms with Gasteiger partial charge in [-0.05, 0) is 27.2 Å². The summed E-state index contributed by atoms with van der Waals surface area (Å²) in [5, 5.41) is 12.0. The Hall–Kier alpha value is -1.65. The quantitative estimate of drug-likeness (QED) is 0.817. The van der Waals surface area contributed by atoms with Crippen molar-refractivity contribution >= 4 is 11.8 Å². The summed E-state index contributed by atoms with van der Waals surface area (Å²) in [6.45, 7) is 7.36. The van der Waals surface area contributed by atoms with Gasteiger partial charge < -0.3 is 10.4 Å². The van der Waals surface area contributed by atoms with Gasteiger partial charge in [-0.15, -0.1) is 0 Å². The molecule has 0 amide bonds. The molecule has 2 N–H and O–H groups in total. The second-order valence-corrected chi connectivity index (χ2v) is 4.21. The van der Waals surface area contributed by atoms with Gasteiger partial charge in [0.2, 0.25) is 0 Å². The maximum Gasteiger partial charge on any atom is 0.308 e. The Morgan fingerprint density at radius 3 is 2.65 bits per heavy atom. The van der Waals surface area contributed by atoms with Gasteiger partial charge in [-0.3, -0.25) is 4.79 Å². The first-order valence-electron chi connectivity index (χ1n) is 5.78. The summed E-state index contributed by atoms with van der Waals surface area (Å²) in [7, 11) is 0.